The third kappa shape index (κ3) is 2.98. The summed E-state index contributed by atoms with van der Waals surface area (Å²) < 4.78 is 0. The summed E-state index contributed by atoms with van der Waals surface area (Å²) in [6.07, 6.45) is 0.998. The van der Waals surface area contributed by atoms with Crippen molar-refractivity contribution >= 4 is 23.1 Å². The highest BCUT2D eigenvalue weighted by Crippen LogP contribution is 2.33. The number of carbonyl (C=O) groups excluding carboxylic acids is 1. The third-order valence-corrected chi connectivity index (χ3v) is 4.52. The van der Waals surface area contributed by atoms with Gasteiger partial charge in [-0.3, -0.25) is 4.79 Å². The number of hydrogen-bond donors (Lipinski definition) is 1. The number of amides is 1. The van der Waals surface area contributed by atoms with Gasteiger partial charge in [-0.05, 0) is 48.7 Å². The number of pyridine rings is 1. The standard InChI is InChI=1S/C21H19N3O/c1-15-7-2-4-9-17(15)23-21(25)18-10-6-12-20(22-18)24-14-13-16-8-3-5-11-19(16)24/h2-12H,13-14H2,1H3,(H,23,25). The summed E-state index contributed by atoms with van der Waals surface area (Å²) in [7, 11) is 0. The number of benzene rings is 2. The lowest BCUT2D eigenvalue weighted by Crippen LogP contribution is -2.18. The van der Waals surface area contributed by atoms with Gasteiger partial charge in [-0.15, -0.1) is 0 Å². The largest absolute Gasteiger partial charge is 0.326 e. The molecule has 3 aromatic rings. The lowest BCUT2D eigenvalue weighted by molar-refractivity contribution is 0.102. The molecule has 0 spiro atoms. The Hall–Kier alpha value is -3.14. The van der Waals surface area contributed by atoms with Gasteiger partial charge in [0.15, 0.2) is 0 Å². The van der Waals surface area contributed by atoms with E-state index in [9.17, 15) is 4.79 Å². The van der Waals surface area contributed by atoms with E-state index in [-0.39, 0.29) is 5.91 Å². The molecule has 4 heteroatoms. The number of aryl methyl sites for hydroxylation is 1. The van der Waals surface area contributed by atoms with Gasteiger partial charge in [0.1, 0.15) is 11.5 Å². The zero-order chi connectivity index (χ0) is 17.2. The SMILES string of the molecule is Cc1ccccc1NC(=O)c1cccc(N2CCc3ccccc32)n1. The number of nitrogens with one attached hydrogen (secondary N) is 1. The number of para-hydroxylation sites is 2. The second kappa shape index (κ2) is 6.40. The number of fused-ring (bicyclic) bond motifs is 1. The molecule has 2 aromatic carbocycles. The highest BCUT2D eigenvalue weighted by Gasteiger charge is 2.21. The minimum Gasteiger partial charge on any atom is -0.326 e. The van der Waals surface area contributed by atoms with Crippen LogP contribution in [-0.2, 0) is 6.42 Å². The maximum absolute atomic E-state index is 12.6. The molecule has 0 radical (unpaired) electrons. The van der Waals surface area contributed by atoms with Crippen molar-refractivity contribution in [2.24, 2.45) is 0 Å². The van der Waals surface area contributed by atoms with Gasteiger partial charge in [0.05, 0.1) is 0 Å². The van der Waals surface area contributed by atoms with Crippen LogP contribution in [0.2, 0.25) is 0 Å². The smallest absolute Gasteiger partial charge is 0.274 e. The van der Waals surface area contributed by atoms with Gasteiger partial charge < -0.3 is 10.2 Å². The summed E-state index contributed by atoms with van der Waals surface area (Å²) in [6, 6.07) is 21.7. The van der Waals surface area contributed by atoms with Crippen molar-refractivity contribution in [3.63, 3.8) is 0 Å². The second-order valence-electron chi connectivity index (χ2n) is 6.18. The van der Waals surface area contributed by atoms with E-state index in [4.69, 9.17) is 0 Å². The fourth-order valence-corrected chi connectivity index (χ4v) is 3.18. The summed E-state index contributed by atoms with van der Waals surface area (Å²) in [5.41, 5.74) is 4.75. The summed E-state index contributed by atoms with van der Waals surface area (Å²) in [6.45, 7) is 2.86. The lowest BCUT2D eigenvalue weighted by Gasteiger charge is -2.19. The van der Waals surface area contributed by atoms with Crippen molar-refractivity contribution in [2.75, 3.05) is 16.8 Å². The Morgan fingerprint density at radius 3 is 2.68 bits per heavy atom. The number of anilines is 3. The molecule has 0 fully saturated rings. The van der Waals surface area contributed by atoms with Gasteiger partial charge in [-0.25, -0.2) is 4.98 Å². The molecule has 0 saturated carbocycles. The Morgan fingerprint density at radius 2 is 1.80 bits per heavy atom. The fraction of sp³-hybridized carbons (Fsp3) is 0.143. The molecule has 2 heterocycles. The maximum Gasteiger partial charge on any atom is 0.274 e. The van der Waals surface area contributed by atoms with Crippen LogP contribution in [0.15, 0.2) is 66.7 Å². The monoisotopic (exact) mass is 329 g/mol. The van der Waals surface area contributed by atoms with E-state index < -0.39 is 0 Å². The Bertz CT molecular complexity index is 936. The van der Waals surface area contributed by atoms with Crippen LogP contribution in [0.1, 0.15) is 21.6 Å². The second-order valence-corrected chi connectivity index (χ2v) is 6.18. The van der Waals surface area contributed by atoms with Gasteiger partial charge in [-0.1, -0.05) is 42.5 Å². The molecule has 1 aromatic heterocycles. The predicted octanol–water partition coefficient (Wildman–Crippen LogP) is 4.34. The zero-order valence-corrected chi connectivity index (χ0v) is 14.1. The Labute approximate surface area is 147 Å². The molecule has 0 bridgehead atoms. The number of nitrogens with zero attached hydrogens (tertiary/aromatic N) is 2. The van der Waals surface area contributed by atoms with E-state index in [2.05, 4.69) is 33.4 Å². The van der Waals surface area contributed by atoms with Crippen molar-refractivity contribution in [1.29, 1.82) is 0 Å². The molecule has 25 heavy (non-hydrogen) atoms. The molecule has 0 atom stereocenters. The lowest BCUT2D eigenvalue weighted by atomic mass is 10.2. The van der Waals surface area contributed by atoms with Crippen molar-refractivity contribution in [2.45, 2.75) is 13.3 Å². The van der Waals surface area contributed by atoms with Crippen LogP contribution in [0, 0.1) is 6.92 Å². The fourth-order valence-electron chi connectivity index (χ4n) is 3.18. The van der Waals surface area contributed by atoms with Gasteiger partial charge >= 0.3 is 0 Å². The van der Waals surface area contributed by atoms with E-state index >= 15 is 0 Å². The molecule has 0 aliphatic carbocycles. The molecule has 1 aliphatic rings. The van der Waals surface area contributed by atoms with Gasteiger partial charge in [-0.2, -0.15) is 0 Å². The maximum atomic E-state index is 12.6. The first kappa shape index (κ1) is 15.4. The molecular weight excluding hydrogens is 310 g/mol. The molecular formula is C21H19N3O. The number of rotatable bonds is 3. The highest BCUT2D eigenvalue weighted by atomic mass is 16.1. The van der Waals surface area contributed by atoms with Crippen molar-refractivity contribution in [1.82, 2.24) is 4.98 Å². The van der Waals surface area contributed by atoms with Gasteiger partial charge in [0.25, 0.3) is 5.91 Å². The van der Waals surface area contributed by atoms with Crippen LogP contribution in [0.5, 0.6) is 0 Å². The average Bonchev–Trinajstić information content (AvgIpc) is 3.08. The number of carbonyl (C=O) groups is 1. The number of aromatic nitrogens is 1. The van der Waals surface area contributed by atoms with Crippen LogP contribution in [-0.4, -0.2) is 17.4 Å². The molecule has 1 aliphatic heterocycles. The molecule has 4 nitrogen and oxygen atoms in total. The average molecular weight is 329 g/mol. The molecule has 4 rings (SSSR count). The molecule has 124 valence electrons. The van der Waals surface area contributed by atoms with Crippen LogP contribution >= 0.6 is 0 Å². The molecule has 1 amide bonds. The summed E-state index contributed by atoms with van der Waals surface area (Å²) in [4.78, 5) is 19.3. The third-order valence-electron chi connectivity index (χ3n) is 4.52. The zero-order valence-electron chi connectivity index (χ0n) is 14.1. The predicted molar refractivity (Wildman–Crippen MR) is 101 cm³/mol. The van der Waals surface area contributed by atoms with E-state index in [1.54, 1.807) is 6.07 Å². The highest BCUT2D eigenvalue weighted by molar-refractivity contribution is 6.03. The first-order chi connectivity index (χ1) is 12.2. The Morgan fingerprint density at radius 1 is 1.00 bits per heavy atom. The normalized spacial score (nSPS) is 12.8. The van der Waals surface area contributed by atoms with Crippen molar-refractivity contribution in [3.05, 3.63) is 83.6 Å². The first-order valence-electron chi connectivity index (χ1n) is 8.42. The van der Waals surface area contributed by atoms with Gasteiger partial charge in [0, 0.05) is 17.9 Å². The van der Waals surface area contributed by atoms with Crippen LogP contribution in [0.3, 0.4) is 0 Å². The van der Waals surface area contributed by atoms with Crippen LogP contribution < -0.4 is 10.2 Å². The van der Waals surface area contributed by atoms with Crippen LogP contribution in [0.25, 0.3) is 0 Å². The topological polar surface area (TPSA) is 45.2 Å². The van der Waals surface area contributed by atoms with Crippen molar-refractivity contribution < 1.29 is 4.79 Å². The summed E-state index contributed by atoms with van der Waals surface area (Å²) >= 11 is 0. The molecule has 1 N–H and O–H groups in total. The minimum atomic E-state index is -0.191. The minimum absolute atomic E-state index is 0.191. The summed E-state index contributed by atoms with van der Waals surface area (Å²) in [5, 5.41) is 2.94. The Balaban J connectivity index is 1.60. The van der Waals surface area contributed by atoms with Gasteiger partial charge in [0.2, 0.25) is 0 Å². The van der Waals surface area contributed by atoms with Crippen molar-refractivity contribution in [3.8, 4) is 0 Å². The first-order valence-corrected chi connectivity index (χ1v) is 8.42. The van der Waals surface area contributed by atoms with E-state index in [1.807, 2.05) is 49.4 Å². The quantitative estimate of drug-likeness (QED) is 0.777. The van der Waals surface area contributed by atoms with E-state index in [1.165, 1.54) is 11.3 Å². The van der Waals surface area contributed by atoms with Crippen LogP contribution in [0.4, 0.5) is 17.2 Å². The van der Waals surface area contributed by atoms with E-state index in [0.29, 0.717) is 5.69 Å². The number of hydrogen-bond acceptors (Lipinski definition) is 3. The van der Waals surface area contributed by atoms with E-state index in [0.717, 1.165) is 30.0 Å². The molecule has 0 saturated heterocycles. The Kier molecular flexibility index (Phi) is 3.94. The summed E-state index contributed by atoms with van der Waals surface area (Å²) in [5.74, 6) is 0.617. The molecule has 0 unspecified atom stereocenters.